The van der Waals surface area contributed by atoms with Gasteiger partial charge in [-0.1, -0.05) is 60.7 Å². The van der Waals surface area contributed by atoms with E-state index in [4.69, 9.17) is 4.98 Å². The van der Waals surface area contributed by atoms with Gasteiger partial charge in [-0.3, -0.25) is 9.59 Å². The number of benzene rings is 3. The maximum Gasteiger partial charge on any atom is 0.416 e. The first kappa shape index (κ1) is 27.0. The monoisotopic (exact) mass is 559 g/mol. The molecule has 1 aliphatic carbocycles. The van der Waals surface area contributed by atoms with Gasteiger partial charge in [-0.05, 0) is 66.1 Å². The van der Waals surface area contributed by atoms with Crippen molar-refractivity contribution in [1.29, 1.82) is 0 Å². The largest absolute Gasteiger partial charge is 0.416 e. The van der Waals surface area contributed by atoms with Crippen LogP contribution in [0.4, 0.5) is 13.2 Å². The van der Waals surface area contributed by atoms with Crippen molar-refractivity contribution in [3.8, 4) is 11.1 Å². The summed E-state index contributed by atoms with van der Waals surface area (Å²) >= 11 is 0. The van der Waals surface area contributed by atoms with Gasteiger partial charge >= 0.3 is 6.18 Å². The molecule has 9 heteroatoms. The molecule has 6 nitrogen and oxygen atoms in total. The molecule has 0 bridgehead atoms. The first-order valence-corrected chi connectivity index (χ1v) is 13.6. The van der Waals surface area contributed by atoms with Crippen LogP contribution in [0, 0.1) is 0 Å². The number of aromatic nitrogens is 2. The van der Waals surface area contributed by atoms with Crippen molar-refractivity contribution in [3.63, 3.8) is 0 Å². The first-order valence-electron chi connectivity index (χ1n) is 13.6. The van der Waals surface area contributed by atoms with Crippen molar-refractivity contribution in [2.24, 2.45) is 0 Å². The van der Waals surface area contributed by atoms with Crippen molar-refractivity contribution in [1.82, 2.24) is 14.9 Å². The molecule has 1 atom stereocenters. The average Bonchev–Trinajstić information content (AvgIpc) is 3.81. The second-order valence-electron chi connectivity index (χ2n) is 10.8. The number of H-pyrrole nitrogens is 1. The highest BCUT2D eigenvalue weighted by molar-refractivity contribution is 5.83. The van der Waals surface area contributed by atoms with Gasteiger partial charge < -0.3 is 15.0 Å². The molecule has 41 heavy (non-hydrogen) atoms. The van der Waals surface area contributed by atoms with E-state index in [1.807, 2.05) is 30.3 Å². The van der Waals surface area contributed by atoms with E-state index in [-0.39, 0.29) is 23.1 Å². The smallest absolute Gasteiger partial charge is 0.378 e. The minimum absolute atomic E-state index is 0.0134. The number of aliphatic hydroxyl groups excluding tert-OH is 1. The molecule has 1 fully saturated rings. The standard InChI is InChI=1S/C32H28F3N3O3/c33-32(34,35)24-12-5-8-21(18-24)20-7-4-9-22(17-20)27(39)29(41)38-16-6-13-26-25(19-38)28(40)37-30(36-26)31(14-15-31)23-10-2-1-3-11-23/h1-5,7-12,17-18,27,39H,6,13-16,19H2,(H,36,37,40)/t27-/m1/s1. The number of carbonyl (C=O) groups is 1. The minimum atomic E-state index is -4.49. The lowest BCUT2D eigenvalue weighted by Crippen LogP contribution is -2.36. The molecule has 0 spiro atoms. The normalized spacial score (nSPS) is 16.9. The topological polar surface area (TPSA) is 86.3 Å². The van der Waals surface area contributed by atoms with Crippen molar-refractivity contribution in [2.45, 2.75) is 49.9 Å². The van der Waals surface area contributed by atoms with E-state index in [0.29, 0.717) is 47.6 Å². The summed E-state index contributed by atoms with van der Waals surface area (Å²) in [6.07, 6.45) is -3.13. The predicted octanol–water partition coefficient (Wildman–Crippen LogP) is 5.54. The number of aryl methyl sites for hydroxylation is 1. The Bertz CT molecular complexity index is 1660. The van der Waals surface area contributed by atoms with Crippen LogP contribution in [0.15, 0.2) is 83.7 Å². The number of nitrogens with zero attached hydrogens (tertiary/aromatic N) is 2. The highest BCUT2D eigenvalue weighted by Crippen LogP contribution is 2.52. The highest BCUT2D eigenvalue weighted by atomic mass is 19.4. The lowest BCUT2D eigenvalue weighted by atomic mass is 9.94. The van der Waals surface area contributed by atoms with Gasteiger partial charge in [0, 0.05) is 6.54 Å². The number of aromatic amines is 1. The van der Waals surface area contributed by atoms with Gasteiger partial charge in [0.15, 0.2) is 6.10 Å². The van der Waals surface area contributed by atoms with Crippen molar-refractivity contribution >= 4 is 5.91 Å². The Morgan fingerprint density at radius 2 is 1.68 bits per heavy atom. The van der Waals surface area contributed by atoms with Crippen molar-refractivity contribution in [3.05, 3.63) is 123 Å². The van der Waals surface area contributed by atoms with Gasteiger partial charge in [-0.15, -0.1) is 0 Å². The molecule has 3 aromatic carbocycles. The third-order valence-electron chi connectivity index (χ3n) is 8.09. The van der Waals surface area contributed by atoms with E-state index >= 15 is 0 Å². The fourth-order valence-corrected chi connectivity index (χ4v) is 5.66. The number of fused-ring (bicyclic) bond motifs is 1. The summed E-state index contributed by atoms with van der Waals surface area (Å²) in [6.45, 7) is 0.345. The molecule has 6 rings (SSSR count). The van der Waals surface area contributed by atoms with Crippen LogP contribution in [0.3, 0.4) is 0 Å². The number of amides is 1. The molecule has 1 aromatic heterocycles. The Morgan fingerprint density at radius 1 is 0.976 bits per heavy atom. The predicted molar refractivity (Wildman–Crippen MR) is 147 cm³/mol. The van der Waals surface area contributed by atoms with Crippen LogP contribution in [0.5, 0.6) is 0 Å². The fourth-order valence-electron chi connectivity index (χ4n) is 5.66. The molecule has 4 aromatic rings. The highest BCUT2D eigenvalue weighted by Gasteiger charge is 2.48. The van der Waals surface area contributed by atoms with Crippen LogP contribution in [0.25, 0.3) is 11.1 Å². The Kier molecular flexibility index (Phi) is 6.77. The molecule has 0 radical (unpaired) electrons. The molecule has 1 saturated carbocycles. The van der Waals surface area contributed by atoms with Crippen LogP contribution in [0.2, 0.25) is 0 Å². The number of hydrogen-bond donors (Lipinski definition) is 2. The zero-order chi connectivity index (χ0) is 28.8. The zero-order valence-corrected chi connectivity index (χ0v) is 22.1. The van der Waals surface area contributed by atoms with E-state index < -0.39 is 23.8 Å². The summed E-state index contributed by atoms with van der Waals surface area (Å²) in [4.78, 5) is 36.0. The van der Waals surface area contributed by atoms with Gasteiger partial charge in [0.25, 0.3) is 11.5 Å². The summed E-state index contributed by atoms with van der Waals surface area (Å²) in [6, 6.07) is 21.2. The third kappa shape index (κ3) is 5.17. The van der Waals surface area contributed by atoms with Crippen LogP contribution < -0.4 is 5.56 Å². The van der Waals surface area contributed by atoms with Crippen LogP contribution in [0.1, 0.15) is 59.1 Å². The summed E-state index contributed by atoms with van der Waals surface area (Å²) in [5.74, 6) is 0.0733. The third-order valence-corrected chi connectivity index (χ3v) is 8.09. The molecule has 2 N–H and O–H groups in total. The summed E-state index contributed by atoms with van der Waals surface area (Å²) in [7, 11) is 0. The Balaban J connectivity index is 1.24. The lowest BCUT2D eigenvalue weighted by Gasteiger charge is -2.24. The van der Waals surface area contributed by atoms with E-state index in [9.17, 15) is 27.9 Å². The summed E-state index contributed by atoms with van der Waals surface area (Å²) in [5.41, 5.74) is 1.86. The van der Waals surface area contributed by atoms with Gasteiger partial charge in [-0.2, -0.15) is 13.2 Å². The number of aliphatic hydroxyl groups is 1. The number of halogens is 3. The van der Waals surface area contributed by atoms with E-state index in [1.165, 1.54) is 17.0 Å². The summed E-state index contributed by atoms with van der Waals surface area (Å²) in [5, 5.41) is 11.0. The van der Waals surface area contributed by atoms with Crippen LogP contribution >= 0.6 is 0 Å². The quantitative estimate of drug-likeness (QED) is 0.336. The average molecular weight is 560 g/mol. The van der Waals surface area contributed by atoms with E-state index in [0.717, 1.165) is 30.5 Å². The zero-order valence-electron chi connectivity index (χ0n) is 22.1. The van der Waals surface area contributed by atoms with Gasteiger partial charge in [0.1, 0.15) is 5.82 Å². The molecule has 0 unspecified atom stereocenters. The van der Waals surface area contributed by atoms with Crippen LogP contribution in [-0.2, 0) is 29.4 Å². The Morgan fingerprint density at radius 3 is 2.39 bits per heavy atom. The number of alkyl halides is 3. The van der Waals surface area contributed by atoms with Crippen molar-refractivity contribution < 1.29 is 23.1 Å². The fraction of sp³-hybridized carbons (Fsp3) is 0.281. The second-order valence-corrected chi connectivity index (χ2v) is 10.8. The van der Waals surface area contributed by atoms with Gasteiger partial charge in [-0.25, -0.2) is 4.98 Å². The lowest BCUT2D eigenvalue weighted by molar-refractivity contribution is -0.141. The number of carbonyl (C=O) groups excluding carboxylic acids is 1. The molecular formula is C32H28F3N3O3. The number of hydrogen-bond acceptors (Lipinski definition) is 4. The molecule has 0 saturated heterocycles. The van der Waals surface area contributed by atoms with Gasteiger partial charge in [0.05, 0.1) is 28.8 Å². The second kappa shape index (κ2) is 10.3. The molecule has 2 aliphatic rings. The summed E-state index contributed by atoms with van der Waals surface area (Å²) < 4.78 is 39.6. The molecule has 1 aliphatic heterocycles. The molecule has 2 heterocycles. The van der Waals surface area contributed by atoms with Gasteiger partial charge in [0.2, 0.25) is 0 Å². The van der Waals surface area contributed by atoms with Crippen LogP contribution in [-0.4, -0.2) is 32.4 Å². The molecular weight excluding hydrogens is 531 g/mol. The maximum atomic E-state index is 13.4. The number of nitrogens with one attached hydrogen (secondary N) is 1. The maximum absolute atomic E-state index is 13.4. The van der Waals surface area contributed by atoms with E-state index in [2.05, 4.69) is 4.98 Å². The van der Waals surface area contributed by atoms with E-state index in [1.54, 1.807) is 24.3 Å². The molecule has 210 valence electrons. The Labute approximate surface area is 234 Å². The first-order chi connectivity index (χ1) is 19.7. The molecule has 1 amide bonds. The Hall–Kier alpha value is -4.24. The number of rotatable bonds is 5. The minimum Gasteiger partial charge on any atom is -0.378 e. The van der Waals surface area contributed by atoms with Crippen molar-refractivity contribution in [2.75, 3.05) is 6.54 Å². The SMILES string of the molecule is O=C([C@H](O)c1cccc(-c2cccc(C(F)(F)F)c2)c1)N1CCCc2nc(C3(c4ccccc4)CC3)[nH]c(=O)c2C1.